The van der Waals surface area contributed by atoms with Crippen LogP contribution in [0.4, 0.5) is 17.1 Å². The zero-order valence-corrected chi connectivity index (χ0v) is 29.7. The van der Waals surface area contributed by atoms with Gasteiger partial charge in [0.25, 0.3) is 0 Å². The van der Waals surface area contributed by atoms with Gasteiger partial charge in [0.15, 0.2) is 12.6 Å². The summed E-state index contributed by atoms with van der Waals surface area (Å²) in [5.41, 5.74) is 12.6. The summed E-state index contributed by atoms with van der Waals surface area (Å²) in [6.45, 7) is 14.3. The molecule has 0 N–H and O–H groups in total. The molecule has 0 saturated carbocycles. The summed E-state index contributed by atoms with van der Waals surface area (Å²) in [7, 11) is 0. The Hall–Kier alpha value is -4.52. The van der Waals surface area contributed by atoms with Gasteiger partial charge >= 0.3 is 0 Å². The highest BCUT2D eigenvalue weighted by atomic mass is 16.7. The van der Waals surface area contributed by atoms with E-state index in [4.69, 9.17) is 18.9 Å². The van der Waals surface area contributed by atoms with E-state index in [0.717, 1.165) is 33.8 Å². The van der Waals surface area contributed by atoms with Crippen molar-refractivity contribution in [3.63, 3.8) is 0 Å². The Balaban J connectivity index is 1.45. The van der Waals surface area contributed by atoms with Crippen molar-refractivity contribution in [1.82, 2.24) is 0 Å². The molecule has 5 rings (SSSR count). The van der Waals surface area contributed by atoms with Crippen molar-refractivity contribution in [3.8, 4) is 0 Å². The monoisotopic (exact) mass is 655 g/mol. The van der Waals surface area contributed by atoms with Crippen LogP contribution in [0.1, 0.15) is 66.6 Å². The van der Waals surface area contributed by atoms with Crippen molar-refractivity contribution in [2.45, 2.75) is 67.3 Å². The lowest BCUT2D eigenvalue weighted by Crippen LogP contribution is -2.13. The van der Waals surface area contributed by atoms with E-state index in [0.29, 0.717) is 26.4 Å². The summed E-state index contributed by atoms with van der Waals surface area (Å²) in [4.78, 5) is 2.27. The van der Waals surface area contributed by atoms with E-state index in [1.165, 1.54) is 27.8 Å². The highest BCUT2D eigenvalue weighted by Gasteiger charge is 2.14. The molecule has 0 aliphatic heterocycles. The maximum Gasteiger partial charge on any atom is 0.155 e. The maximum absolute atomic E-state index is 5.86. The van der Waals surface area contributed by atoms with Crippen molar-refractivity contribution in [2.24, 2.45) is 0 Å². The lowest BCUT2D eigenvalue weighted by Gasteiger charge is -2.26. The zero-order chi connectivity index (χ0) is 34.6. The molecule has 0 fully saturated rings. The summed E-state index contributed by atoms with van der Waals surface area (Å²) in [6.07, 6.45) is 1.79. The molecule has 254 valence electrons. The fourth-order valence-corrected chi connectivity index (χ4v) is 5.61. The molecule has 0 radical (unpaired) electrons. The molecule has 0 saturated heterocycles. The lowest BCUT2D eigenvalue weighted by atomic mass is 9.94. The molecule has 0 aromatic heterocycles. The van der Waals surface area contributed by atoms with Crippen molar-refractivity contribution >= 4 is 28.7 Å². The van der Waals surface area contributed by atoms with Gasteiger partial charge in [-0.15, -0.1) is 0 Å². The molecule has 0 aliphatic carbocycles. The van der Waals surface area contributed by atoms with Gasteiger partial charge < -0.3 is 23.8 Å². The average Bonchev–Trinajstić information content (AvgIpc) is 3.12. The Labute approximate surface area is 292 Å². The minimum atomic E-state index is -0.245. The molecular formula is C44H49NO4. The zero-order valence-electron chi connectivity index (χ0n) is 29.7. The second-order valence-corrected chi connectivity index (χ2v) is 12.2. The Bertz CT molecular complexity index is 1640. The number of aryl methyl sites for hydroxylation is 2. The van der Waals surface area contributed by atoms with Gasteiger partial charge in [0.05, 0.1) is 13.2 Å². The smallest absolute Gasteiger partial charge is 0.155 e. The fraction of sp³-hybridized carbons (Fsp3) is 0.273. The summed E-state index contributed by atoms with van der Waals surface area (Å²) in [6, 6.07) is 43.3. The van der Waals surface area contributed by atoms with Gasteiger partial charge in [-0.25, -0.2) is 0 Å². The summed E-state index contributed by atoms with van der Waals surface area (Å²) in [5, 5.41) is 0. The van der Waals surface area contributed by atoms with Crippen LogP contribution in [0.25, 0.3) is 11.6 Å². The Morgan fingerprint density at radius 1 is 0.510 bits per heavy atom. The van der Waals surface area contributed by atoms with Gasteiger partial charge in [0.2, 0.25) is 0 Å². The Kier molecular flexibility index (Phi) is 13.0. The highest BCUT2D eigenvalue weighted by molar-refractivity contribution is 5.92. The molecule has 0 heterocycles. The number of hydrogen-bond acceptors (Lipinski definition) is 5. The van der Waals surface area contributed by atoms with Gasteiger partial charge in [-0.3, -0.25) is 0 Å². The SMILES string of the molecule is CCOC(C)OCc1ccc(N(c2ccc(C=C(c3ccc(C)cc3)c3ccc(C)cc3)cc2)c2ccc(COC(C)OCC)cc2)cc1. The van der Waals surface area contributed by atoms with Gasteiger partial charge in [-0.05, 0) is 117 Å². The van der Waals surface area contributed by atoms with Crippen LogP contribution in [0.2, 0.25) is 0 Å². The molecule has 0 amide bonds. The number of hydrogen-bond donors (Lipinski definition) is 0. The van der Waals surface area contributed by atoms with Gasteiger partial charge in [0, 0.05) is 30.3 Å². The molecule has 5 aromatic rings. The minimum Gasteiger partial charge on any atom is -0.353 e. The number of benzene rings is 5. The molecule has 49 heavy (non-hydrogen) atoms. The Morgan fingerprint density at radius 3 is 1.24 bits per heavy atom. The molecular weight excluding hydrogens is 606 g/mol. The van der Waals surface area contributed by atoms with Gasteiger partial charge in [0.1, 0.15) is 0 Å². The third kappa shape index (κ3) is 10.2. The van der Waals surface area contributed by atoms with E-state index in [-0.39, 0.29) is 12.6 Å². The fourth-order valence-electron chi connectivity index (χ4n) is 5.61. The minimum absolute atomic E-state index is 0.245. The molecule has 5 nitrogen and oxygen atoms in total. The molecule has 2 atom stereocenters. The number of nitrogens with zero attached hydrogens (tertiary/aromatic N) is 1. The summed E-state index contributed by atoms with van der Waals surface area (Å²) in [5.74, 6) is 0. The maximum atomic E-state index is 5.86. The Morgan fingerprint density at radius 2 is 0.878 bits per heavy atom. The van der Waals surface area contributed by atoms with Crippen molar-refractivity contribution < 1.29 is 18.9 Å². The van der Waals surface area contributed by atoms with Crippen LogP contribution in [0.3, 0.4) is 0 Å². The molecule has 0 spiro atoms. The van der Waals surface area contributed by atoms with E-state index in [1.807, 2.05) is 27.7 Å². The molecule has 2 unspecified atom stereocenters. The largest absolute Gasteiger partial charge is 0.353 e. The number of anilines is 3. The third-order valence-electron chi connectivity index (χ3n) is 8.35. The summed E-state index contributed by atoms with van der Waals surface area (Å²) < 4.78 is 22.8. The van der Waals surface area contributed by atoms with Crippen molar-refractivity contribution in [1.29, 1.82) is 0 Å². The van der Waals surface area contributed by atoms with Gasteiger partial charge in [-0.2, -0.15) is 0 Å². The van der Waals surface area contributed by atoms with Crippen molar-refractivity contribution in [2.75, 3.05) is 18.1 Å². The quantitative estimate of drug-likeness (QED) is 0.0781. The lowest BCUT2D eigenvalue weighted by molar-refractivity contribution is -0.134. The average molecular weight is 656 g/mol. The molecule has 0 aliphatic rings. The van der Waals surface area contributed by atoms with Crippen molar-refractivity contribution in [3.05, 3.63) is 160 Å². The van der Waals surface area contributed by atoms with Crippen LogP contribution >= 0.6 is 0 Å². The predicted octanol–water partition coefficient (Wildman–Crippen LogP) is 11.2. The van der Waals surface area contributed by atoms with E-state index in [9.17, 15) is 0 Å². The topological polar surface area (TPSA) is 40.2 Å². The van der Waals surface area contributed by atoms with Crippen LogP contribution in [0.15, 0.2) is 121 Å². The molecule has 5 aromatic carbocycles. The van der Waals surface area contributed by atoms with E-state index in [2.05, 4.69) is 146 Å². The van der Waals surface area contributed by atoms with Crippen LogP contribution in [-0.4, -0.2) is 25.8 Å². The third-order valence-corrected chi connectivity index (χ3v) is 8.35. The van der Waals surface area contributed by atoms with Crippen LogP contribution in [0.5, 0.6) is 0 Å². The second kappa shape index (κ2) is 17.8. The van der Waals surface area contributed by atoms with Gasteiger partial charge in [-0.1, -0.05) is 96.1 Å². The molecule has 5 heteroatoms. The van der Waals surface area contributed by atoms with Crippen LogP contribution in [0, 0.1) is 13.8 Å². The first-order valence-electron chi connectivity index (χ1n) is 17.2. The predicted molar refractivity (Wildman–Crippen MR) is 202 cm³/mol. The first-order chi connectivity index (χ1) is 23.8. The van der Waals surface area contributed by atoms with Crippen LogP contribution in [-0.2, 0) is 32.2 Å². The molecule has 0 bridgehead atoms. The second-order valence-electron chi connectivity index (χ2n) is 12.2. The van der Waals surface area contributed by atoms with Crippen LogP contribution < -0.4 is 4.90 Å². The summed E-state index contributed by atoms with van der Waals surface area (Å²) >= 11 is 0. The van der Waals surface area contributed by atoms with E-state index < -0.39 is 0 Å². The normalized spacial score (nSPS) is 12.4. The van der Waals surface area contributed by atoms with E-state index >= 15 is 0 Å². The highest BCUT2D eigenvalue weighted by Crippen LogP contribution is 2.36. The first kappa shape index (κ1) is 35.8. The van der Waals surface area contributed by atoms with E-state index in [1.54, 1.807) is 0 Å². The number of rotatable bonds is 16. The number of ether oxygens (including phenoxy) is 4. The standard InChI is InChI=1S/C44H49NO4/c1-7-46-34(5)48-30-37-15-25-42(26-16-37)45(43-27-17-38(18-28-43)31-49-35(6)47-8-2)41-23-13-36(14-24-41)29-44(39-19-9-32(3)10-20-39)40-21-11-33(4)12-22-40/h9-29,34-35H,7-8,30-31H2,1-6H3. The first-order valence-corrected chi connectivity index (χ1v) is 17.2.